The number of rotatable bonds is 5. The molecule has 0 aromatic heterocycles. The first-order valence-corrected chi connectivity index (χ1v) is 6.50. The third-order valence-electron chi connectivity index (χ3n) is 2.84. The molecule has 1 aromatic carbocycles. The van der Waals surface area contributed by atoms with Gasteiger partial charge in [0.1, 0.15) is 16.9 Å². The summed E-state index contributed by atoms with van der Waals surface area (Å²) in [5, 5.41) is 0. The number of carbonyl (C=O) groups is 2. The van der Waals surface area contributed by atoms with E-state index < -0.39 is 11.9 Å². The van der Waals surface area contributed by atoms with Crippen molar-refractivity contribution in [1.29, 1.82) is 0 Å². The lowest BCUT2D eigenvalue weighted by atomic mass is 9.98. The predicted octanol–water partition coefficient (Wildman–Crippen LogP) is 2.67. The average Bonchev–Trinajstić information content (AvgIpc) is 2.37. The van der Waals surface area contributed by atoms with E-state index in [0.717, 1.165) is 0 Å². The van der Waals surface area contributed by atoms with Gasteiger partial charge in [0.2, 0.25) is 0 Å². The van der Waals surface area contributed by atoms with Crippen molar-refractivity contribution in [3.63, 3.8) is 0 Å². The Balaban J connectivity index is 3.48. The van der Waals surface area contributed by atoms with E-state index in [2.05, 4.69) is 0 Å². The maximum absolute atomic E-state index is 12.0. The minimum Gasteiger partial charge on any atom is -0.495 e. The molecule has 20 heavy (non-hydrogen) atoms. The van der Waals surface area contributed by atoms with Crippen LogP contribution in [-0.2, 0) is 9.47 Å². The molecule has 1 rings (SSSR count). The van der Waals surface area contributed by atoms with E-state index in [0.29, 0.717) is 11.1 Å². The summed E-state index contributed by atoms with van der Waals surface area (Å²) in [5.74, 6) is -0.806. The van der Waals surface area contributed by atoms with Crippen LogP contribution in [-0.4, -0.2) is 32.3 Å². The van der Waals surface area contributed by atoms with Crippen molar-refractivity contribution in [3.05, 3.63) is 28.3 Å². The van der Waals surface area contributed by atoms with Crippen LogP contribution in [0.4, 0.5) is 0 Å². The largest absolute Gasteiger partial charge is 0.495 e. The van der Waals surface area contributed by atoms with Crippen LogP contribution < -0.4 is 4.74 Å². The standard InChI is InChI=1S/C15H20O5/c1-6-19-14(16)11-9(3)8-10(4)12(13(11)18-5)15(17)20-7-2/h8H,6-7H2,1-5H3. The molecule has 0 bridgehead atoms. The van der Waals surface area contributed by atoms with E-state index in [-0.39, 0.29) is 30.1 Å². The van der Waals surface area contributed by atoms with Crippen molar-refractivity contribution >= 4 is 11.9 Å². The first-order chi connectivity index (χ1) is 9.47. The Labute approximate surface area is 118 Å². The van der Waals surface area contributed by atoms with Gasteiger partial charge in [-0.25, -0.2) is 9.59 Å². The molecule has 0 atom stereocenters. The average molecular weight is 280 g/mol. The maximum atomic E-state index is 12.0. The molecule has 0 saturated heterocycles. The molecule has 5 nitrogen and oxygen atoms in total. The van der Waals surface area contributed by atoms with Gasteiger partial charge in [-0.05, 0) is 38.8 Å². The second kappa shape index (κ2) is 6.93. The SMILES string of the molecule is CCOC(=O)c1c(C)cc(C)c(C(=O)OCC)c1OC. The van der Waals surface area contributed by atoms with Gasteiger partial charge in [0.05, 0.1) is 20.3 Å². The van der Waals surface area contributed by atoms with Crippen molar-refractivity contribution in [3.8, 4) is 5.75 Å². The fourth-order valence-electron chi connectivity index (χ4n) is 2.07. The van der Waals surface area contributed by atoms with Gasteiger partial charge < -0.3 is 14.2 Å². The number of aryl methyl sites for hydroxylation is 2. The van der Waals surface area contributed by atoms with Crippen molar-refractivity contribution in [2.45, 2.75) is 27.7 Å². The van der Waals surface area contributed by atoms with Gasteiger partial charge in [0.15, 0.2) is 0 Å². The molecule has 0 fully saturated rings. The summed E-state index contributed by atoms with van der Waals surface area (Å²) in [6, 6.07) is 1.75. The van der Waals surface area contributed by atoms with E-state index in [4.69, 9.17) is 14.2 Å². The van der Waals surface area contributed by atoms with Gasteiger partial charge in [0, 0.05) is 0 Å². The molecule has 0 spiro atoms. The first kappa shape index (κ1) is 16.0. The van der Waals surface area contributed by atoms with Gasteiger partial charge in [-0.2, -0.15) is 0 Å². The van der Waals surface area contributed by atoms with E-state index in [9.17, 15) is 9.59 Å². The fraction of sp³-hybridized carbons (Fsp3) is 0.467. The van der Waals surface area contributed by atoms with E-state index >= 15 is 0 Å². The highest BCUT2D eigenvalue weighted by Crippen LogP contribution is 2.31. The van der Waals surface area contributed by atoms with Crippen molar-refractivity contribution in [2.24, 2.45) is 0 Å². The first-order valence-electron chi connectivity index (χ1n) is 6.50. The monoisotopic (exact) mass is 280 g/mol. The zero-order chi connectivity index (χ0) is 15.3. The molecule has 0 radical (unpaired) electrons. The minimum absolute atomic E-state index is 0.208. The summed E-state index contributed by atoms with van der Waals surface area (Å²) >= 11 is 0. The highest BCUT2D eigenvalue weighted by Gasteiger charge is 2.26. The molecule has 5 heteroatoms. The molecule has 0 aliphatic rings. The lowest BCUT2D eigenvalue weighted by molar-refractivity contribution is 0.0517. The quantitative estimate of drug-likeness (QED) is 0.776. The molecule has 0 aliphatic carbocycles. The number of hydrogen-bond donors (Lipinski definition) is 0. The highest BCUT2D eigenvalue weighted by molar-refractivity contribution is 6.02. The van der Waals surface area contributed by atoms with Crippen LogP contribution in [0, 0.1) is 13.8 Å². The predicted molar refractivity (Wildman–Crippen MR) is 74.4 cm³/mol. The van der Waals surface area contributed by atoms with Crippen molar-refractivity contribution in [2.75, 3.05) is 20.3 Å². The van der Waals surface area contributed by atoms with E-state index in [1.54, 1.807) is 33.8 Å². The number of hydrogen-bond acceptors (Lipinski definition) is 5. The Morgan fingerprint density at radius 3 is 1.65 bits per heavy atom. The van der Waals surface area contributed by atoms with Crippen LogP contribution in [0.25, 0.3) is 0 Å². The number of benzene rings is 1. The lowest BCUT2D eigenvalue weighted by Crippen LogP contribution is -2.15. The summed E-state index contributed by atoms with van der Waals surface area (Å²) in [7, 11) is 1.42. The molecule has 0 aliphatic heterocycles. The summed E-state index contributed by atoms with van der Waals surface area (Å²) < 4.78 is 15.3. The maximum Gasteiger partial charge on any atom is 0.342 e. The van der Waals surface area contributed by atoms with E-state index in [1.165, 1.54) is 7.11 Å². The van der Waals surface area contributed by atoms with Crippen LogP contribution in [0.1, 0.15) is 45.7 Å². The number of carbonyl (C=O) groups excluding carboxylic acids is 2. The molecule has 1 aromatic rings. The van der Waals surface area contributed by atoms with Crippen LogP contribution in [0.2, 0.25) is 0 Å². The fourth-order valence-corrected chi connectivity index (χ4v) is 2.07. The third-order valence-corrected chi connectivity index (χ3v) is 2.84. The van der Waals surface area contributed by atoms with Gasteiger partial charge in [0.25, 0.3) is 0 Å². The molecule has 0 heterocycles. The van der Waals surface area contributed by atoms with Crippen molar-refractivity contribution in [1.82, 2.24) is 0 Å². The molecule has 0 unspecified atom stereocenters. The lowest BCUT2D eigenvalue weighted by Gasteiger charge is -2.16. The Morgan fingerprint density at radius 1 is 0.950 bits per heavy atom. The molecule has 0 N–H and O–H groups in total. The highest BCUT2D eigenvalue weighted by atomic mass is 16.5. The molecule has 110 valence electrons. The zero-order valence-electron chi connectivity index (χ0n) is 12.5. The smallest absolute Gasteiger partial charge is 0.342 e. The Hall–Kier alpha value is -2.04. The summed E-state index contributed by atoms with van der Waals surface area (Å²) in [6.45, 7) is 7.50. The number of ether oxygens (including phenoxy) is 3. The van der Waals surface area contributed by atoms with Gasteiger partial charge in [-0.1, -0.05) is 6.07 Å². The third kappa shape index (κ3) is 3.10. The topological polar surface area (TPSA) is 61.8 Å². The molecular weight excluding hydrogens is 260 g/mol. The molecule has 0 amide bonds. The summed E-state index contributed by atoms with van der Waals surface area (Å²) in [5.41, 5.74) is 1.93. The van der Waals surface area contributed by atoms with Gasteiger partial charge >= 0.3 is 11.9 Å². The number of esters is 2. The normalized spacial score (nSPS) is 10.1. The Morgan fingerprint density at radius 2 is 1.35 bits per heavy atom. The number of methoxy groups -OCH3 is 1. The minimum atomic E-state index is -0.507. The zero-order valence-corrected chi connectivity index (χ0v) is 12.5. The van der Waals surface area contributed by atoms with Gasteiger partial charge in [-0.15, -0.1) is 0 Å². The van der Waals surface area contributed by atoms with Crippen LogP contribution in [0.5, 0.6) is 5.75 Å². The Kier molecular flexibility index (Phi) is 5.55. The molecule has 0 saturated carbocycles. The molecular formula is C15H20O5. The van der Waals surface area contributed by atoms with Crippen LogP contribution in [0.3, 0.4) is 0 Å². The second-order valence-electron chi connectivity index (χ2n) is 4.23. The summed E-state index contributed by atoms with van der Waals surface area (Å²) in [6.07, 6.45) is 0. The van der Waals surface area contributed by atoms with Crippen molar-refractivity contribution < 1.29 is 23.8 Å². The Bertz CT molecular complexity index is 477. The van der Waals surface area contributed by atoms with Crippen LogP contribution in [0.15, 0.2) is 6.07 Å². The second-order valence-corrected chi connectivity index (χ2v) is 4.23. The van der Waals surface area contributed by atoms with Crippen LogP contribution >= 0.6 is 0 Å². The van der Waals surface area contributed by atoms with Gasteiger partial charge in [-0.3, -0.25) is 0 Å². The van der Waals surface area contributed by atoms with E-state index in [1.807, 2.05) is 0 Å². The summed E-state index contributed by atoms with van der Waals surface area (Å²) in [4.78, 5) is 24.1.